The van der Waals surface area contributed by atoms with E-state index in [1.165, 1.54) is 0 Å². The number of hydrogen-bond acceptors (Lipinski definition) is 3. The molecule has 1 N–H and O–H groups in total. The first kappa shape index (κ1) is 9.49. The molecule has 0 aromatic carbocycles. The van der Waals surface area contributed by atoms with Gasteiger partial charge in [0.2, 0.25) is 5.82 Å². The first-order chi connectivity index (χ1) is 5.81. The van der Waals surface area contributed by atoms with E-state index < -0.39 is 0 Å². The number of aromatic amines is 1. The van der Waals surface area contributed by atoms with Crippen molar-refractivity contribution >= 4 is 23.4 Å². The fourth-order valence-electron chi connectivity index (χ4n) is 1.15. The Morgan fingerprint density at radius 3 is 2.92 bits per heavy atom. The highest BCUT2D eigenvalue weighted by atomic mass is 35.5. The number of nitrogens with zero attached hydrogens (tertiary/aromatic N) is 3. The number of aryl methyl sites for hydroxylation is 1. The lowest BCUT2D eigenvalue weighted by atomic mass is 10.3. The van der Waals surface area contributed by atoms with Crippen LogP contribution >= 0.6 is 12.4 Å². The molecule has 0 amide bonds. The van der Waals surface area contributed by atoms with Crippen LogP contribution in [0.15, 0.2) is 12.3 Å². The van der Waals surface area contributed by atoms with Gasteiger partial charge in [0.1, 0.15) is 11.7 Å². The van der Waals surface area contributed by atoms with Gasteiger partial charge in [-0.2, -0.15) is 5.26 Å². The Balaban J connectivity index is 0.000000845. The summed E-state index contributed by atoms with van der Waals surface area (Å²) in [6.07, 6.45) is 1.79. The van der Waals surface area contributed by atoms with Crippen LogP contribution in [-0.2, 0) is 0 Å². The van der Waals surface area contributed by atoms with E-state index in [2.05, 4.69) is 15.0 Å². The zero-order valence-corrected chi connectivity index (χ0v) is 7.72. The SMILES string of the molecule is Cc1nc(C#N)nc2[nH]ccc12.Cl. The summed E-state index contributed by atoms with van der Waals surface area (Å²) in [6.45, 7) is 1.86. The van der Waals surface area contributed by atoms with Crippen molar-refractivity contribution in [2.45, 2.75) is 6.92 Å². The molecule has 0 aliphatic heterocycles. The smallest absolute Gasteiger partial charge is 0.234 e. The van der Waals surface area contributed by atoms with Gasteiger partial charge < -0.3 is 4.98 Å². The van der Waals surface area contributed by atoms with Gasteiger partial charge in [-0.15, -0.1) is 12.4 Å². The summed E-state index contributed by atoms with van der Waals surface area (Å²) in [6, 6.07) is 3.80. The second-order valence-electron chi connectivity index (χ2n) is 2.48. The van der Waals surface area contributed by atoms with Gasteiger partial charge in [-0.05, 0) is 13.0 Å². The summed E-state index contributed by atoms with van der Waals surface area (Å²) in [7, 11) is 0. The quantitative estimate of drug-likeness (QED) is 0.692. The number of nitriles is 1. The van der Waals surface area contributed by atoms with Gasteiger partial charge in [-0.1, -0.05) is 0 Å². The Bertz CT molecular complexity index is 468. The van der Waals surface area contributed by atoms with Crippen molar-refractivity contribution in [3.05, 3.63) is 23.8 Å². The predicted octanol–water partition coefficient (Wildman–Crippen LogP) is 1.56. The van der Waals surface area contributed by atoms with Gasteiger partial charge in [0.05, 0.1) is 5.69 Å². The van der Waals surface area contributed by atoms with Crippen molar-refractivity contribution in [2.75, 3.05) is 0 Å². The molecular weight excluding hydrogens is 188 g/mol. The third-order valence-corrected chi connectivity index (χ3v) is 1.71. The lowest BCUT2D eigenvalue weighted by Crippen LogP contribution is -1.92. The monoisotopic (exact) mass is 194 g/mol. The Hall–Kier alpha value is -1.60. The number of aromatic nitrogens is 3. The first-order valence-electron chi connectivity index (χ1n) is 3.53. The normalized spacial score (nSPS) is 9.23. The Labute approximate surface area is 81.0 Å². The van der Waals surface area contributed by atoms with Crippen LogP contribution in [0.25, 0.3) is 11.0 Å². The minimum absolute atomic E-state index is 0. The van der Waals surface area contributed by atoms with E-state index in [1.54, 1.807) is 6.20 Å². The Morgan fingerprint density at radius 1 is 1.46 bits per heavy atom. The van der Waals surface area contributed by atoms with Gasteiger partial charge >= 0.3 is 0 Å². The molecule has 0 saturated carbocycles. The highest BCUT2D eigenvalue weighted by molar-refractivity contribution is 5.85. The summed E-state index contributed by atoms with van der Waals surface area (Å²) < 4.78 is 0. The maximum Gasteiger partial charge on any atom is 0.234 e. The van der Waals surface area contributed by atoms with Gasteiger partial charge in [0.15, 0.2) is 0 Å². The first-order valence-corrected chi connectivity index (χ1v) is 3.53. The van der Waals surface area contributed by atoms with Crippen molar-refractivity contribution in [2.24, 2.45) is 0 Å². The van der Waals surface area contributed by atoms with Crippen LogP contribution < -0.4 is 0 Å². The topological polar surface area (TPSA) is 65.4 Å². The molecule has 4 nitrogen and oxygen atoms in total. The molecule has 2 heterocycles. The Morgan fingerprint density at radius 2 is 2.23 bits per heavy atom. The van der Waals surface area contributed by atoms with Crippen LogP contribution in [0.3, 0.4) is 0 Å². The van der Waals surface area contributed by atoms with E-state index in [0.717, 1.165) is 16.7 Å². The van der Waals surface area contributed by atoms with Crippen LogP contribution in [0.5, 0.6) is 0 Å². The van der Waals surface area contributed by atoms with Crippen molar-refractivity contribution in [3.8, 4) is 6.07 Å². The predicted molar refractivity (Wildman–Crippen MR) is 50.6 cm³/mol. The third-order valence-electron chi connectivity index (χ3n) is 1.71. The van der Waals surface area contributed by atoms with Crippen LogP contribution in [0, 0.1) is 18.3 Å². The number of fused-ring (bicyclic) bond motifs is 1. The zero-order chi connectivity index (χ0) is 8.55. The lowest BCUT2D eigenvalue weighted by Gasteiger charge is -1.93. The van der Waals surface area contributed by atoms with Crippen molar-refractivity contribution in [1.82, 2.24) is 15.0 Å². The van der Waals surface area contributed by atoms with Gasteiger partial charge in [0, 0.05) is 11.6 Å². The largest absolute Gasteiger partial charge is 0.346 e. The van der Waals surface area contributed by atoms with E-state index in [9.17, 15) is 0 Å². The minimum Gasteiger partial charge on any atom is -0.346 e. The molecule has 2 rings (SSSR count). The molecule has 0 aliphatic carbocycles. The summed E-state index contributed by atoms with van der Waals surface area (Å²) in [5.41, 5.74) is 1.55. The zero-order valence-electron chi connectivity index (χ0n) is 6.90. The fourth-order valence-corrected chi connectivity index (χ4v) is 1.15. The standard InChI is InChI=1S/C8H6N4.ClH/c1-5-6-2-3-10-8(6)12-7(4-9)11-5;/h2-3H,1H3,(H,10,11,12);1H. The number of H-pyrrole nitrogens is 1. The fraction of sp³-hybridized carbons (Fsp3) is 0.125. The molecule has 2 aromatic rings. The van der Waals surface area contributed by atoms with Crippen molar-refractivity contribution < 1.29 is 0 Å². The highest BCUT2D eigenvalue weighted by Gasteiger charge is 2.03. The number of rotatable bonds is 0. The maximum absolute atomic E-state index is 8.57. The molecule has 2 aromatic heterocycles. The minimum atomic E-state index is 0. The third kappa shape index (κ3) is 1.46. The number of hydrogen-bond donors (Lipinski definition) is 1. The average Bonchev–Trinajstić information content (AvgIpc) is 2.52. The summed E-state index contributed by atoms with van der Waals surface area (Å²) in [4.78, 5) is 10.9. The molecule has 5 heteroatoms. The Kier molecular flexibility index (Phi) is 2.49. The van der Waals surface area contributed by atoms with E-state index in [-0.39, 0.29) is 18.2 Å². The summed E-state index contributed by atoms with van der Waals surface area (Å²) in [5.74, 6) is 0.211. The molecule has 0 atom stereocenters. The molecule has 0 unspecified atom stereocenters. The highest BCUT2D eigenvalue weighted by Crippen LogP contribution is 2.12. The lowest BCUT2D eigenvalue weighted by molar-refractivity contribution is 1.10. The second-order valence-corrected chi connectivity index (χ2v) is 2.48. The van der Waals surface area contributed by atoms with Crippen molar-refractivity contribution in [1.29, 1.82) is 5.26 Å². The molecule has 13 heavy (non-hydrogen) atoms. The molecule has 66 valence electrons. The average molecular weight is 195 g/mol. The molecule has 0 bridgehead atoms. The maximum atomic E-state index is 8.57. The molecular formula is C8H7ClN4. The molecule has 0 aliphatic rings. The van der Waals surface area contributed by atoms with Crippen LogP contribution in [-0.4, -0.2) is 15.0 Å². The van der Waals surface area contributed by atoms with E-state index in [4.69, 9.17) is 5.26 Å². The van der Waals surface area contributed by atoms with E-state index in [0.29, 0.717) is 0 Å². The molecule has 0 saturated heterocycles. The van der Waals surface area contributed by atoms with Crippen molar-refractivity contribution in [3.63, 3.8) is 0 Å². The van der Waals surface area contributed by atoms with Gasteiger partial charge in [0.25, 0.3) is 0 Å². The summed E-state index contributed by atoms with van der Waals surface area (Å²) >= 11 is 0. The molecule has 0 radical (unpaired) electrons. The van der Waals surface area contributed by atoms with Crippen LogP contribution in [0.4, 0.5) is 0 Å². The summed E-state index contributed by atoms with van der Waals surface area (Å²) in [5, 5.41) is 9.54. The number of nitrogens with one attached hydrogen (secondary N) is 1. The van der Waals surface area contributed by atoms with Gasteiger partial charge in [-0.25, -0.2) is 9.97 Å². The second kappa shape index (κ2) is 3.42. The van der Waals surface area contributed by atoms with Crippen LogP contribution in [0.2, 0.25) is 0 Å². The molecule has 0 spiro atoms. The van der Waals surface area contributed by atoms with E-state index in [1.807, 2.05) is 19.1 Å². The van der Waals surface area contributed by atoms with E-state index >= 15 is 0 Å². The van der Waals surface area contributed by atoms with Crippen LogP contribution in [0.1, 0.15) is 11.5 Å². The number of halogens is 1. The molecule has 0 fully saturated rings. The van der Waals surface area contributed by atoms with Gasteiger partial charge in [-0.3, -0.25) is 0 Å².